The fourth-order valence-electron chi connectivity index (χ4n) is 1.78. The standard InChI is InChI=1S/C14H10FN3OS2/c1-20-14-18-10-4-3-9(6-11(10)21-14)17-13(19)8-2-5-12(15)16-7-8/h2-7H,1H3,(H,17,19). The lowest BCUT2D eigenvalue weighted by molar-refractivity contribution is 0.102. The van der Waals surface area contributed by atoms with E-state index in [9.17, 15) is 9.18 Å². The number of hydrogen-bond donors (Lipinski definition) is 1. The molecule has 0 saturated carbocycles. The van der Waals surface area contributed by atoms with Crippen LogP contribution in [0.1, 0.15) is 10.4 Å². The fourth-order valence-corrected chi connectivity index (χ4v) is 3.31. The molecule has 1 N–H and O–H groups in total. The summed E-state index contributed by atoms with van der Waals surface area (Å²) in [4.78, 5) is 19.9. The summed E-state index contributed by atoms with van der Waals surface area (Å²) in [5.74, 6) is -0.932. The van der Waals surface area contributed by atoms with Crippen molar-refractivity contribution in [2.24, 2.45) is 0 Å². The number of pyridine rings is 1. The predicted molar refractivity (Wildman–Crippen MR) is 83.5 cm³/mol. The average molecular weight is 319 g/mol. The van der Waals surface area contributed by atoms with E-state index in [0.29, 0.717) is 11.3 Å². The maximum atomic E-state index is 12.7. The van der Waals surface area contributed by atoms with Crippen molar-refractivity contribution >= 4 is 44.9 Å². The van der Waals surface area contributed by atoms with Crippen LogP contribution in [0.4, 0.5) is 10.1 Å². The fraction of sp³-hybridized carbons (Fsp3) is 0.0714. The molecule has 0 aliphatic heterocycles. The first-order valence-corrected chi connectivity index (χ1v) is 8.07. The first kappa shape index (κ1) is 14.0. The molecule has 0 bridgehead atoms. The summed E-state index contributed by atoms with van der Waals surface area (Å²) >= 11 is 3.16. The number of nitrogens with zero attached hydrogens (tertiary/aromatic N) is 2. The minimum atomic E-state index is -0.609. The normalized spacial score (nSPS) is 10.8. The van der Waals surface area contributed by atoms with Gasteiger partial charge in [0.2, 0.25) is 5.95 Å². The van der Waals surface area contributed by atoms with E-state index in [1.807, 2.05) is 18.4 Å². The van der Waals surface area contributed by atoms with Gasteiger partial charge in [0.1, 0.15) is 0 Å². The third-order valence-electron chi connectivity index (χ3n) is 2.79. The van der Waals surface area contributed by atoms with Crippen molar-refractivity contribution in [1.29, 1.82) is 0 Å². The number of hydrogen-bond acceptors (Lipinski definition) is 5. The molecule has 0 spiro atoms. The van der Waals surface area contributed by atoms with Crippen molar-refractivity contribution in [1.82, 2.24) is 9.97 Å². The van der Waals surface area contributed by atoms with Gasteiger partial charge in [0.15, 0.2) is 4.34 Å². The second kappa shape index (κ2) is 5.79. The van der Waals surface area contributed by atoms with Crippen LogP contribution in [0.25, 0.3) is 10.2 Å². The second-order valence-electron chi connectivity index (χ2n) is 4.19. The molecule has 0 aliphatic rings. The van der Waals surface area contributed by atoms with E-state index in [4.69, 9.17) is 0 Å². The highest BCUT2D eigenvalue weighted by molar-refractivity contribution is 8.00. The first-order valence-electron chi connectivity index (χ1n) is 6.03. The second-order valence-corrected chi connectivity index (χ2v) is 6.27. The Hall–Kier alpha value is -1.99. The van der Waals surface area contributed by atoms with Gasteiger partial charge in [-0.3, -0.25) is 4.79 Å². The topological polar surface area (TPSA) is 54.9 Å². The molecule has 106 valence electrons. The van der Waals surface area contributed by atoms with Crippen LogP contribution in [0.15, 0.2) is 40.9 Å². The van der Waals surface area contributed by atoms with Gasteiger partial charge in [-0.05, 0) is 36.6 Å². The highest BCUT2D eigenvalue weighted by atomic mass is 32.2. The van der Waals surface area contributed by atoms with Crippen molar-refractivity contribution in [2.45, 2.75) is 4.34 Å². The molecule has 0 radical (unpaired) electrons. The van der Waals surface area contributed by atoms with Crippen LogP contribution in [0, 0.1) is 5.95 Å². The molecular formula is C14H10FN3OS2. The molecule has 4 nitrogen and oxygen atoms in total. The molecule has 2 heterocycles. The van der Waals surface area contributed by atoms with E-state index < -0.39 is 5.95 Å². The average Bonchev–Trinajstić information content (AvgIpc) is 2.90. The Morgan fingerprint density at radius 1 is 1.33 bits per heavy atom. The Morgan fingerprint density at radius 2 is 2.19 bits per heavy atom. The number of benzene rings is 1. The number of carbonyl (C=O) groups is 1. The largest absolute Gasteiger partial charge is 0.322 e. The zero-order chi connectivity index (χ0) is 14.8. The monoisotopic (exact) mass is 319 g/mol. The van der Waals surface area contributed by atoms with Crippen LogP contribution >= 0.6 is 23.1 Å². The summed E-state index contributed by atoms with van der Waals surface area (Å²) in [5, 5.41) is 2.77. The molecule has 2 aromatic heterocycles. The van der Waals surface area contributed by atoms with Crippen LogP contribution in [0.3, 0.4) is 0 Å². The highest BCUT2D eigenvalue weighted by Crippen LogP contribution is 2.30. The number of rotatable bonds is 3. The summed E-state index contributed by atoms with van der Waals surface area (Å²) in [5.41, 5.74) is 1.89. The lowest BCUT2D eigenvalue weighted by Crippen LogP contribution is -2.12. The lowest BCUT2D eigenvalue weighted by atomic mass is 10.2. The van der Waals surface area contributed by atoms with Crippen molar-refractivity contribution in [3.63, 3.8) is 0 Å². The number of amides is 1. The number of fused-ring (bicyclic) bond motifs is 1. The van der Waals surface area contributed by atoms with Crippen molar-refractivity contribution in [2.75, 3.05) is 11.6 Å². The van der Waals surface area contributed by atoms with Gasteiger partial charge in [0, 0.05) is 11.9 Å². The van der Waals surface area contributed by atoms with Crippen LogP contribution in [-0.4, -0.2) is 22.1 Å². The van der Waals surface area contributed by atoms with Gasteiger partial charge >= 0.3 is 0 Å². The number of anilines is 1. The number of halogens is 1. The Balaban J connectivity index is 1.83. The number of carbonyl (C=O) groups excluding carboxylic acids is 1. The summed E-state index contributed by atoms with van der Waals surface area (Å²) in [7, 11) is 0. The number of nitrogens with one attached hydrogen (secondary N) is 1. The van der Waals surface area contributed by atoms with Crippen LogP contribution in [0.5, 0.6) is 0 Å². The smallest absolute Gasteiger partial charge is 0.257 e. The first-order chi connectivity index (χ1) is 10.2. The van der Waals surface area contributed by atoms with Gasteiger partial charge in [-0.1, -0.05) is 11.8 Å². The van der Waals surface area contributed by atoms with Crippen molar-refractivity contribution < 1.29 is 9.18 Å². The van der Waals surface area contributed by atoms with E-state index in [2.05, 4.69) is 15.3 Å². The molecule has 21 heavy (non-hydrogen) atoms. The number of thioether (sulfide) groups is 1. The molecule has 1 amide bonds. The zero-order valence-corrected chi connectivity index (χ0v) is 12.6. The molecule has 1 aromatic carbocycles. The van der Waals surface area contributed by atoms with Gasteiger partial charge in [-0.2, -0.15) is 4.39 Å². The van der Waals surface area contributed by atoms with Crippen LogP contribution < -0.4 is 5.32 Å². The van der Waals surface area contributed by atoms with Gasteiger partial charge < -0.3 is 5.32 Å². The van der Waals surface area contributed by atoms with Gasteiger partial charge in [-0.15, -0.1) is 11.3 Å². The quantitative estimate of drug-likeness (QED) is 0.589. The Kier molecular flexibility index (Phi) is 3.85. The summed E-state index contributed by atoms with van der Waals surface area (Å²) < 4.78 is 14.7. The van der Waals surface area contributed by atoms with E-state index in [-0.39, 0.29) is 5.91 Å². The van der Waals surface area contributed by atoms with E-state index in [0.717, 1.165) is 20.6 Å². The minimum Gasteiger partial charge on any atom is -0.322 e. The predicted octanol–water partition coefficient (Wildman–Crippen LogP) is 3.80. The van der Waals surface area contributed by atoms with Gasteiger partial charge in [0.25, 0.3) is 5.91 Å². The summed E-state index contributed by atoms with van der Waals surface area (Å²) in [6.45, 7) is 0. The van der Waals surface area contributed by atoms with Crippen LogP contribution in [-0.2, 0) is 0 Å². The Bertz CT molecular complexity index is 802. The van der Waals surface area contributed by atoms with Crippen molar-refractivity contribution in [3.05, 3.63) is 48.0 Å². The lowest BCUT2D eigenvalue weighted by Gasteiger charge is -2.04. The van der Waals surface area contributed by atoms with Gasteiger partial charge in [-0.25, -0.2) is 9.97 Å². The Labute approximate surface area is 128 Å². The molecule has 0 aliphatic carbocycles. The molecule has 3 aromatic rings. The van der Waals surface area contributed by atoms with E-state index in [1.54, 1.807) is 29.2 Å². The molecule has 7 heteroatoms. The number of aromatic nitrogens is 2. The molecule has 3 rings (SSSR count). The Morgan fingerprint density at radius 3 is 2.90 bits per heavy atom. The minimum absolute atomic E-state index is 0.311. The van der Waals surface area contributed by atoms with Crippen molar-refractivity contribution in [3.8, 4) is 0 Å². The molecule has 0 saturated heterocycles. The number of thiazole rings is 1. The van der Waals surface area contributed by atoms with Gasteiger partial charge in [0.05, 0.1) is 15.8 Å². The van der Waals surface area contributed by atoms with Crippen LogP contribution in [0.2, 0.25) is 0 Å². The summed E-state index contributed by atoms with van der Waals surface area (Å²) in [6, 6.07) is 8.09. The molecule has 0 atom stereocenters. The molecule has 0 unspecified atom stereocenters. The molecular weight excluding hydrogens is 309 g/mol. The summed E-state index contributed by atoms with van der Waals surface area (Å²) in [6.07, 6.45) is 3.18. The zero-order valence-electron chi connectivity index (χ0n) is 11.0. The maximum Gasteiger partial charge on any atom is 0.257 e. The molecule has 0 fully saturated rings. The highest BCUT2D eigenvalue weighted by Gasteiger charge is 2.09. The third kappa shape index (κ3) is 3.03. The maximum absolute atomic E-state index is 12.7. The third-order valence-corrected chi connectivity index (χ3v) is 4.79. The SMILES string of the molecule is CSc1nc2ccc(NC(=O)c3ccc(F)nc3)cc2s1. The van der Waals surface area contributed by atoms with E-state index >= 15 is 0 Å². The van der Waals surface area contributed by atoms with E-state index in [1.165, 1.54) is 12.3 Å².